The maximum absolute atomic E-state index is 12.8. The molecule has 0 saturated carbocycles. The Bertz CT molecular complexity index is 564. The molecular formula is C17H22N2O3S. The van der Waals surface area contributed by atoms with E-state index in [9.17, 15) is 9.59 Å². The summed E-state index contributed by atoms with van der Waals surface area (Å²) in [6.07, 6.45) is 6.13. The molecule has 6 heteroatoms. The van der Waals surface area contributed by atoms with E-state index in [1.807, 2.05) is 27.8 Å². The third kappa shape index (κ3) is 4.00. The van der Waals surface area contributed by atoms with E-state index in [0.29, 0.717) is 32.8 Å². The van der Waals surface area contributed by atoms with Gasteiger partial charge < -0.3 is 14.5 Å². The number of thiophene rings is 1. The zero-order valence-electron chi connectivity index (χ0n) is 13.1. The van der Waals surface area contributed by atoms with E-state index >= 15 is 0 Å². The molecule has 5 nitrogen and oxygen atoms in total. The minimum Gasteiger partial charge on any atom is -0.378 e. The van der Waals surface area contributed by atoms with E-state index in [1.165, 1.54) is 0 Å². The zero-order chi connectivity index (χ0) is 16.1. The Morgan fingerprint density at radius 2 is 2.04 bits per heavy atom. The van der Waals surface area contributed by atoms with Crippen molar-refractivity contribution >= 4 is 29.2 Å². The van der Waals surface area contributed by atoms with Crippen molar-refractivity contribution in [2.75, 3.05) is 32.8 Å². The van der Waals surface area contributed by atoms with Crippen LogP contribution in [0, 0.1) is 0 Å². The van der Waals surface area contributed by atoms with Gasteiger partial charge in [0.1, 0.15) is 6.04 Å². The highest BCUT2D eigenvalue weighted by Gasteiger charge is 2.34. The standard InChI is InChI=1S/C17H22N2O3S/c20-16(5-4-14-6-12-23-13-14)19-7-2-1-3-15(19)17(21)18-8-10-22-11-9-18/h4-6,12-13,15H,1-3,7-11H2. The van der Waals surface area contributed by atoms with Crippen LogP contribution in [0.4, 0.5) is 0 Å². The Balaban J connectivity index is 1.67. The number of ether oxygens (including phenoxy) is 1. The van der Waals surface area contributed by atoms with Crippen molar-refractivity contribution in [3.05, 3.63) is 28.5 Å². The van der Waals surface area contributed by atoms with Gasteiger partial charge in [-0.05, 0) is 47.7 Å². The largest absolute Gasteiger partial charge is 0.378 e. The third-order valence-electron chi connectivity index (χ3n) is 4.36. The van der Waals surface area contributed by atoms with Gasteiger partial charge in [-0.25, -0.2) is 0 Å². The van der Waals surface area contributed by atoms with Crippen LogP contribution in [0.3, 0.4) is 0 Å². The third-order valence-corrected chi connectivity index (χ3v) is 5.06. The van der Waals surface area contributed by atoms with Crippen LogP contribution in [0.1, 0.15) is 24.8 Å². The van der Waals surface area contributed by atoms with Gasteiger partial charge in [0.2, 0.25) is 11.8 Å². The smallest absolute Gasteiger partial charge is 0.247 e. The number of nitrogens with zero attached hydrogens (tertiary/aromatic N) is 2. The molecule has 1 atom stereocenters. The minimum absolute atomic E-state index is 0.0671. The Labute approximate surface area is 140 Å². The molecule has 1 aromatic heterocycles. The van der Waals surface area contributed by atoms with Crippen LogP contribution in [0.2, 0.25) is 0 Å². The molecule has 0 aliphatic carbocycles. The molecule has 0 aromatic carbocycles. The number of morpholine rings is 1. The van der Waals surface area contributed by atoms with Gasteiger partial charge in [-0.15, -0.1) is 0 Å². The molecule has 124 valence electrons. The molecule has 1 aromatic rings. The number of rotatable bonds is 3. The summed E-state index contributed by atoms with van der Waals surface area (Å²) in [5, 5.41) is 3.98. The molecule has 2 saturated heterocycles. The predicted molar refractivity (Wildman–Crippen MR) is 90.1 cm³/mol. The molecule has 2 aliphatic heterocycles. The van der Waals surface area contributed by atoms with Gasteiger partial charge in [0.25, 0.3) is 0 Å². The summed E-state index contributed by atoms with van der Waals surface area (Å²) < 4.78 is 5.31. The fourth-order valence-corrected chi connectivity index (χ4v) is 3.71. The van der Waals surface area contributed by atoms with Crippen molar-refractivity contribution in [1.82, 2.24) is 9.80 Å². The van der Waals surface area contributed by atoms with Gasteiger partial charge in [0.05, 0.1) is 13.2 Å². The fourth-order valence-electron chi connectivity index (χ4n) is 3.08. The highest BCUT2D eigenvalue weighted by Crippen LogP contribution is 2.20. The van der Waals surface area contributed by atoms with Crippen molar-refractivity contribution < 1.29 is 14.3 Å². The van der Waals surface area contributed by atoms with E-state index in [-0.39, 0.29) is 17.9 Å². The van der Waals surface area contributed by atoms with Crippen molar-refractivity contribution in [3.63, 3.8) is 0 Å². The molecule has 2 aliphatic rings. The van der Waals surface area contributed by atoms with Crippen molar-refractivity contribution in [3.8, 4) is 0 Å². The van der Waals surface area contributed by atoms with Crippen LogP contribution in [-0.2, 0) is 14.3 Å². The number of piperidine rings is 1. The fraction of sp³-hybridized carbons (Fsp3) is 0.529. The van der Waals surface area contributed by atoms with Gasteiger partial charge in [0, 0.05) is 25.7 Å². The van der Waals surface area contributed by atoms with E-state index in [4.69, 9.17) is 4.74 Å². The molecular weight excluding hydrogens is 312 g/mol. The lowest BCUT2D eigenvalue weighted by atomic mass is 10.0. The number of hydrogen-bond donors (Lipinski definition) is 0. The van der Waals surface area contributed by atoms with Gasteiger partial charge >= 0.3 is 0 Å². The highest BCUT2D eigenvalue weighted by molar-refractivity contribution is 7.08. The quantitative estimate of drug-likeness (QED) is 0.795. The Morgan fingerprint density at radius 1 is 1.22 bits per heavy atom. The maximum atomic E-state index is 12.8. The topological polar surface area (TPSA) is 49.9 Å². The molecule has 0 bridgehead atoms. The van der Waals surface area contributed by atoms with Crippen LogP contribution in [0.5, 0.6) is 0 Å². The van der Waals surface area contributed by atoms with E-state index < -0.39 is 0 Å². The summed E-state index contributed by atoms with van der Waals surface area (Å²) >= 11 is 1.60. The lowest BCUT2D eigenvalue weighted by Crippen LogP contribution is -2.54. The molecule has 3 rings (SSSR count). The van der Waals surface area contributed by atoms with Crippen LogP contribution >= 0.6 is 11.3 Å². The van der Waals surface area contributed by atoms with Crippen LogP contribution in [0.15, 0.2) is 22.9 Å². The number of amides is 2. The molecule has 23 heavy (non-hydrogen) atoms. The van der Waals surface area contributed by atoms with Crippen LogP contribution in [-0.4, -0.2) is 60.5 Å². The van der Waals surface area contributed by atoms with Crippen molar-refractivity contribution in [1.29, 1.82) is 0 Å². The first-order chi connectivity index (χ1) is 11.3. The monoisotopic (exact) mass is 334 g/mol. The zero-order valence-corrected chi connectivity index (χ0v) is 14.0. The first kappa shape index (κ1) is 16.2. The summed E-state index contributed by atoms with van der Waals surface area (Å²) in [6, 6.07) is 1.66. The first-order valence-corrected chi connectivity index (χ1v) is 9.07. The maximum Gasteiger partial charge on any atom is 0.247 e. The molecule has 0 radical (unpaired) electrons. The number of likely N-dealkylation sites (tertiary alicyclic amines) is 1. The number of hydrogen-bond acceptors (Lipinski definition) is 4. The summed E-state index contributed by atoms with van der Waals surface area (Å²) in [7, 11) is 0. The van der Waals surface area contributed by atoms with E-state index in [0.717, 1.165) is 24.8 Å². The Kier molecular flexibility index (Phi) is 5.46. The second kappa shape index (κ2) is 7.75. The molecule has 0 N–H and O–H groups in total. The number of carbonyl (C=O) groups excluding carboxylic acids is 2. The van der Waals surface area contributed by atoms with E-state index in [2.05, 4.69) is 0 Å². The SMILES string of the molecule is O=C(C1CCCCN1C(=O)C=Cc1ccsc1)N1CCOCC1. The molecule has 2 amide bonds. The Morgan fingerprint density at radius 3 is 2.78 bits per heavy atom. The molecule has 0 spiro atoms. The molecule has 2 fully saturated rings. The van der Waals surface area contributed by atoms with Gasteiger partial charge in [-0.3, -0.25) is 9.59 Å². The summed E-state index contributed by atoms with van der Waals surface area (Å²) in [5.41, 5.74) is 1.02. The van der Waals surface area contributed by atoms with Crippen molar-refractivity contribution in [2.24, 2.45) is 0 Å². The second-order valence-electron chi connectivity index (χ2n) is 5.87. The average Bonchev–Trinajstić information content (AvgIpc) is 3.13. The summed E-state index contributed by atoms with van der Waals surface area (Å²) in [6.45, 7) is 3.09. The van der Waals surface area contributed by atoms with Crippen LogP contribution < -0.4 is 0 Å². The average molecular weight is 334 g/mol. The van der Waals surface area contributed by atoms with Gasteiger partial charge in [-0.1, -0.05) is 0 Å². The van der Waals surface area contributed by atoms with Crippen molar-refractivity contribution in [2.45, 2.75) is 25.3 Å². The normalized spacial score (nSPS) is 22.5. The lowest BCUT2D eigenvalue weighted by molar-refractivity contribution is -0.148. The van der Waals surface area contributed by atoms with Gasteiger partial charge in [-0.2, -0.15) is 11.3 Å². The summed E-state index contributed by atoms with van der Waals surface area (Å²) in [4.78, 5) is 28.9. The lowest BCUT2D eigenvalue weighted by Gasteiger charge is -2.38. The summed E-state index contributed by atoms with van der Waals surface area (Å²) in [5.74, 6) is 0.00722. The van der Waals surface area contributed by atoms with Crippen LogP contribution in [0.25, 0.3) is 6.08 Å². The number of carbonyl (C=O) groups is 2. The Hall–Kier alpha value is -1.66. The molecule has 3 heterocycles. The minimum atomic E-state index is -0.318. The highest BCUT2D eigenvalue weighted by atomic mass is 32.1. The first-order valence-electron chi connectivity index (χ1n) is 8.13. The molecule has 1 unspecified atom stereocenters. The second-order valence-corrected chi connectivity index (χ2v) is 6.65. The van der Waals surface area contributed by atoms with Gasteiger partial charge in [0.15, 0.2) is 0 Å². The van der Waals surface area contributed by atoms with E-state index in [1.54, 1.807) is 22.3 Å². The predicted octanol–water partition coefficient (Wildman–Crippen LogP) is 2.00.